The number of unbranched alkanes of at least 4 members (excludes halogenated alkanes) is 7. The predicted octanol–water partition coefficient (Wildman–Crippen LogP) is 11.1. The minimum Gasteiger partial charge on any atom is -0.203 e. The van der Waals surface area contributed by atoms with Gasteiger partial charge in [0.25, 0.3) is 5.92 Å². The first-order valence-corrected chi connectivity index (χ1v) is 14.5. The Kier molecular flexibility index (Phi) is 11.2. The van der Waals surface area contributed by atoms with Gasteiger partial charge in [-0.3, -0.25) is 0 Å². The summed E-state index contributed by atoms with van der Waals surface area (Å²) in [6.07, 6.45) is 10.7. The van der Waals surface area contributed by atoms with Crippen molar-refractivity contribution in [1.82, 2.24) is 0 Å². The zero-order valence-corrected chi connectivity index (χ0v) is 23.1. The van der Waals surface area contributed by atoms with E-state index in [1.165, 1.54) is 18.6 Å². The normalized spacial score (nSPS) is 17.4. The van der Waals surface area contributed by atoms with E-state index in [4.69, 9.17) is 0 Å². The molecule has 0 saturated heterocycles. The maximum Gasteiger partial charge on any atom is 0.279 e. The third-order valence-electron chi connectivity index (χ3n) is 8.12. The number of rotatable bonds is 14. The van der Waals surface area contributed by atoms with Crippen LogP contribution in [-0.2, 0) is 18.8 Å². The topological polar surface area (TPSA) is 0 Å². The average molecular weight is 541 g/mol. The molecule has 0 aromatic heterocycles. The van der Waals surface area contributed by atoms with Gasteiger partial charge in [-0.25, -0.2) is 26.3 Å². The largest absolute Gasteiger partial charge is 0.279 e. The molecule has 0 N–H and O–H groups in total. The quantitative estimate of drug-likeness (QED) is 0.165. The number of alkyl halides is 2. The van der Waals surface area contributed by atoms with Crippen LogP contribution in [0.4, 0.5) is 26.3 Å². The van der Waals surface area contributed by atoms with Crippen molar-refractivity contribution >= 4 is 0 Å². The summed E-state index contributed by atoms with van der Waals surface area (Å²) in [5.41, 5.74) is -1.73. The van der Waals surface area contributed by atoms with Crippen molar-refractivity contribution in [1.29, 1.82) is 0 Å². The van der Waals surface area contributed by atoms with Crippen LogP contribution in [0.3, 0.4) is 0 Å². The molecule has 2 unspecified atom stereocenters. The Morgan fingerprint density at radius 3 is 2.11 bits per heavy atom. The average Bonchev–Trinajstić information content (AvgIpc) is 2.88. The van der Waals surface area contributed by atoms with Gasteiger partial charge in [-0.2, -0.15) is 0 Å². The molecule has 2 aromatic carbocycles. The summed E-state index contributed by atoms with van der Waals surface area (Å²) in [5, 5.41) is 0. The second-order valence-corrected chi connectivity index (χ2v) is 11.2. The van der Waals surface area contributed by atoms with Crippen LogP contribution in [0.5, 0.6) is 0 Å². The molecular weight excluding hydrogens is 498 g/mol. The van der Waals surface area contributed by atoms with E-state index >= 15 is 22.0 Å². The van der Waals surface area contributed by atoms with Crippen molar-refractivity contribution in [2.24, 2.45) is 11.8 Å². The van der Waals surface area contributed by atoms with Gasteiger partial charge < -0.3 is 0 Å². The third kappa shape index (κ3) is 6.96. The summed E-state index contributed by atoms with van der Waals surface area (Å²) in [7, 11) is 0. The van der Waals surface area contributed by atoms with Gasteiger partial charge in [0.1, 0.15) is 0 Å². The molecule has 0 aliphatic heterocycles. The van der Waals surface area contributed by atoms with Crippen LogP contribution in [0.15, 0.2) is 18.2 Å². The first-order chi connectivity index (χ1) is 18.1. The molecule has 0 amide bonds. The molecule has 0 heterocycles. The molecule has 1 aliphatic rings. The van der Waals surface area contributed by atoms with Crippen LogP contribution < -0.4 is 0 Å². The van der Waals surface area contributed by atoms with E-state index < -0.39 is 51.8 Å². The molecule has 3 rings (SSSR count). The number of halogens is 6. The number of benzene rings is 2. The fraction of sp³-hybridized carbons (Fsp3) is 0.625. The second-order valence-electron chi connectivity index (χ2n) is 11.2. The summed E-state index contributed by atoms with van der Waals surface area (Å²) >= 11 is 0. The van der Waals surface area contributed by atoms with Crippen molar-refractivity contribution in [3.05, 3.63) is 58.2 Å². The number of hydrogen-bond acceptors (Lipinski definition) is 0. The monoisotopic (exact) mass is 540 g/mol. The van der Waals surface area contributed by atoms with Crippen molar-refractivity contribution in [3.63, 3.8) is 0 Å². The van der Waals surface area contributed by atoms with Gasteiger partial charge in [-0.1, -0.05) is 97.1 Å². The minimum absolute atomic E-state index is 0.0308. The standard InChI is InChI=1S/C32H42F6/c1-4-6-8-9-10-11-12-14-24-17-15-22-20-26(30(35)31(36)27(22)32(24,37)38)25-18-16-23(28(33)29(25)34)19-21(3)13-7-5-2/h16,18,20-21,24H,4-15,17,19H2,1-3H3. The Labute approximate surface area is 224 Å². The van der Waals surface area contributed by atoms with Gasteiger partial charge in [0.05, 0.1) is 5.56 Å². The highest BCUT2D eigenvalue weighted by atomic mass is 19.3. The smallest absolute Gasteiger partial charge is 0.203 e. The van der Waals surface area contributed by atoms with E-state index in [9.17, 15) is 4.39 Å². The number of aryl methyl sites for hydroxylation is 1. The minimum atomic E-state index is -3.51. The first kappa shape index (κ1) is 30.6. The van der Waals surface area contributed by atoms with Crippen LogP contribution in [0.25, 0.3) is 11.1 Å². The molecule has 38 heavy (non-hydrogen) atoms. The third-order valence-corrected chi connectivity index (χ3v) is 8.12. The SMILES string of the molecule is CCCCCCCCCC1CCc2cc(-c3ccc(CC(C)CCCC)c(F)c3F)c(F)c(F)c2C1(F)F. The fourth-order valence-corrected chi connectivity index (χ4v) is 5.81. The molecular formula is C32H42F6. The Hall–Kier alpha value is -1.98. The Balaban J connectivity index is 1.80. The lowest BCUT2D eigenvalue weighted by Gasteiger charge is -2.34. The van der Waals surface area contributed by atoms with Crippen molar-refractivity contribution < 1.29 is 26.3 Å². The molecule has 0 radical (unpaired) electrons. The van der Waals surface area contributed by atoms with E-state index in [1.54, 1.807) is 0 Å². The van der Waals surface area contributed by atoms with Crippen molar-refractivity contribution in [2.75, 3.05) is 0 Å². The maximum atomic E-state index is 15.4. The van der Waals surface area contributed by atoms with Crippen LogP contribution in [0, 0.1) is 35.1 Å². The summed E-state index contributed by atoms with van der Waals surface area (Å²) in [5.74, 6) is -10.0. The zero-order chi connectivity index (χ0) is 27.9. The van der Waals surface area contributed by atoms with Crippen LogP contribution in [0.1, 0.15) is 115 Å². The van der Waals surface area contributed by atoms with Crippen LogP contribution in [0.2, 0.25) is 0 Å². The molecule has 2 aromatic rings. The number of fused-ring (bicyclic) bond motifs is 1. The predicted molar refractivity (Wildman–Crippen MR) is 142 cm³/mol. The van der Waals surface area contributed by atoms with Gasteiger partial charge in [-0.15, -0.1) is 0 Å². The van der Waals surface area contributed by atoms with E-state index in [0.29, 0.717) is 12.8 Å². The summed E-state index contributed by atoms with van der Waals surface area (Å²) in [6.45, 7) is 6.15. The van der Waals surface area contributed by atoms with Crippen LogP contribution in [-0.4, -0.2) is 0 Å². The fourth-order valence-electron chi connectivity index (χ4n) is 5.81. The second kappa shape index (κ2) is 13.9. The summed E-state index contributed by atoms with van der Waals surface area (Å²) in [6, 6.07) is 3.71. The highest BCUT2D eigenvalue weighted by molar-refractivity contribution is 5.68. The summed E-state index contributed by atoms with van der Waals surface area (Å²) in [4.78, 5) is 0. The lowest BCUT2D eigenvalue weighted by atomic mass is 9.77. The van der Waals surface area contributed by atoms with Gasteiger partial charge in [0, 0.05) is 17.0 Å². The highest BCUT2D eigenvalue weighted by Gasteiger charge is 2.48. The molecule has 0 nitrogen and oxygen atoms in total. The van der Waals surface area contributed by atoms with Gasteiger partial charge in [0.2, 0.25) is 0 Å². The zero-order valence-electron chi connectivity index (χ0n) is 23.1. The van der Waals surface area contributed by atoms with E-state index in [0.717, 1.165) is 57.4 Å². The lowest BCUT2D eigenvalue weighted by molar-refractivity contribution is -0.0823. The Bertz CT molecular complexity index is 1060. The number of hydrogen-bond donors (Lipinski definition) is 0. The van der Waals surface area contributed by atoms with E-state index in [-0.39, 0.29) is 36.3 Å². The molecule has 2 atom stereocenters. The van der Waals surface area contributed by atoms with Gasteiger partial charge in [-0.05, 0) is 48.8 Å². The maximum absolute atomic E-state index is 15.4. The van der Waals surface area contributed by atoms with Crippen LogP contribution >= 0.6 is 0 Å². The van der Waals surface area contributed by atoms with E-state index in [2.05, 4.69) is 13.8 Å². The molecule has 212 valence electrons. The molecule has 0 bridgehead atoms. The van der Waals surface area contributed by atoms with E-state index in [1.807, 2.05) is 6.92 Å². The highest BCUT2D eigenvalue weighted by Crippen LogP contribution is 2.49. The Morgan fingerprint density at radius 2 is 1.42 bits per heavy atom. The molecule has 0 fully saturated rings. The molecule has 0 saturated carbocycles. The molecule has 0 spiro atoms. The molecule has 6 heteroatoms. The summed E-state index contributed by atoms with van der Waals surface area (Å²) < 4.78 is 91.1. The van der Waals surface area contributed by atoms with Gasteiger partial charge >= 0.3 is 0 Å². The lowest BCUT2D eigenvalue weighted by Crippen LogP contribution is -2.33. The van der Waals surface area contributed by atoms with Crippen molar-refractivity contribution in [2.45, 2.75) is 117 Å². The van der Waals surface area contributed by atoms with Gasteiger partial charge in [0.15, 0.2) is 23.3 Å². The first-order valence-electron chi connectivity index (χ1n) is 14.5. The van der Waals surface area contributed by atoms with Crippen molar-refractivity contribution in [3.8, 4) is 11.1 Å². The molecule has 1 aliphatic carbocycles. The Morgan fingerprint density at radius 1 is 0.789 bits per heavy atom.